The fourth-order valence-electron chi connectivity index (χ4n) is 3.34. The first-order valence-electron chi connectivity index (χ1n) is 9.90. The number of aliphatic imine (C=N–C) groups is 1. The molecule has 7 heteroatoms. The maximum atomic E-state index is 10.7. The van der Waals surface area contributed by atoms with Crippen LogP contribution in [0.3, 0.4) is 0 Å². The Bertz CT molecular complexity index is 568. The lowest BCUT2D eigenvalue weighted by Gasteiger charge is -2.33. The number of nitrogens with one attached hydrogen (secondary N) is 2. The van der Waals surface area contributed by atoms with Crippen molar-refractivity contribution in [3.63, 3.8) is 0 Å². The van der Waals surface area contributed by atoms with E-state index < -0.39 is 5.60 Å². The largest absolute Gasteiger partial charge is 0.383 e. The van der Waals surface area contributed by atoms with Crippen LogP contribution in [0.25, 0.3) is 0 Å². The Morgan fingerprint density at radius 1 is 1.42 bits per heavy atom. The molecule has 7 nitrogen and oxygen atoms in total. The van der Waals surface area contributed by atoms with Crippen LogP contribution in [0, 0.1) is 0 Å². The third kappa shape index (κ3) is 6.29. The summed E-state index contributed by atoms with van der Waals surface area (Å²) in [6.07, 6.45) is 8.62. The van der Waals surface area contributed by atoms with Crippen LogP contribution in [-0.2, 0) is 12.6 Å². The molecule has 0 bridgehead atoms. The molecule has 1 aliphatic rings. The minimum atomic E-state index is -1.03. The molecule has 0 radical (unpaired) electrons. The van der Waals surface area contributed by atoms with Gasteiger partial charge >= 0.3 is 0 Å². The fourth-order valence-corrected chi connectivity index (χ4v) is 3.34. The summed E-state index contributed by atoms with van der Waals surface area (Å²) in [5.41, 5.74) is -0.251. The van der Waals surface area contributed by atoms with Gasteiger partial charge in [-0.25, -0.2) is 4.99 Å². The average Bonchev–Trinajstić information content (AvgIpc) is 3.05. The number of aliphatic hydroxyl groups is 1. The first kappa shape index (κ1) is 20.7. The van der Waals surface area contributed by atoms with Crippen LogP contribution >= 0.6 is 0 Å². The highest BCUT2D eigenvalue weighted by molar-refractivity contribution is 5.79. The third-order valence-corrected chi connectivity index (χ3v) is 5.07. The summed E-state index contributed by atoms with van der Waals surface area (Å²) in [6.45, 7) is 10.5. The monoisotopic (exact) mass is 364 g/mol. The highest BCUT2D eigenvalue weighted by Gasteiger charge is 2.24. The van der Waals surface area contributed by atoms with Crippen LogP contribution in [0.1, 0.15) is 52.0 Å². The number of rotatable bonds is 8. The topological polar surface area (TPSA) is 77.7 Å². The van der Waals surface area contributed by atoms with Crippen molar-refractivity contribution < 1.29 is 5.11 Å². The zero-order valence-corrected chi connectivity index (χ0v) is 16.8. The van der Waals surface area contributed by atoms with Crippen LogP contribution < -0.4 is 10.6 Å². The van der Waals surface area contributed by atoms with Gasteiger partial charge in [0.1, 0.15) is 5.60 Å². The van der Waals surface area contributed by atoms with Crippen molar-refractivity contribution in [2.75, 3.05) is 32.7 Å². The van der Waals surface area contributed by atoms with Crippen molar-refractivity contribution in [1.82, 2.24) is 25.3 Å². The maximum Gasteiger partial charge on any atom is 0.191 e. The van der Waals surface area contributed by atoms with Gasteiger partial charge < -0.3 is 20.6 Å². The van der Waals surface area contributed by atoms with Crippen LogP contribution in [0.5, 0.6) is 0 Å². The molecular formula is C19H36N6O. The van der Waals surface area contributed by atoms with Gasteiger partial charge in [-0.15, -0.1) is 0 Å². The summed E-state index contributed by atoms with van der Waals surface area (Å²) in [5.74, 6) is 0.753. The van der Waals surface area contributed by atoms with Gasteiger partial charge in [0, 0.05) is 44.5 Å². The summed E-state index contributed by atoms with van der Waals surface area (Å²) in [7, 11) is 1.84. The molecule has 1 saturated heterocycles. The summed E-state index contributed by atoms with van der Waals surface area (Å²) in [6, 6.07) is 0.709. The van der Waals surface area contributed by atoms with Crippen LogP contribution in [0.4, 0.5) is 0 Å². The van der Waals surface area contributed by atoms with E-state index in [1.807, 2.05) is 20.2 Å². The van der Waals surface area contributed by atoms with Crippen molar-refractivity contribution in [1.29, 1.82) is 0 Å². The van der Waals surface area contributed by atoms with E-state index >= 15 is 0 Å². The normalized spacial score (nSPS) is 21.4. The number of guanidine groups is 1. The molecule has 2 heterocycles. The van der Waals surface area contributed by atoms with Gasteiger partial charge in [0.05, 0.1) is 12.7 Å². The lowest BCUT2D eigenvalue weighted by Crippen LogP contribution is -2.42. The van der Waals surface area contributed by atoms with Crippen molar-refractivity contribution in [3.8, 4) is 0 Å². The first-order valence-corrected chi connectivity index (χ1v) is 9.90. The summed E-state index contributed by atoms with van der Waals surface area (Å²) >= 11 is 0. The number of piperidine rings is 1. The molecular weight excluding hydrogens is 328 g/mol. The van der Waals surface area contributed by atoms with Gasteiger partial charge in [-0.3, -0.25) is 4.68 Å². The Hall–Kier alpha value is -1.60. The minimum Gasteiger partial charge on any atom is -0.383 e. The Balaban J connectivity index is 1.80. The number of hydrogen-bond donors (Lipinski definition) is 3. The van der Waals surface area contributed by atoms with E-state index in [1.54, 1.807) is 17.8 Å². The maximum absolute atomic E-state index is 10.7. The number of aryl methyl sites for hydroxylation is 1. The number of hydrogen-bond acceptors (Lipinski definition) is 4. The van der Waals surface area contributed by atoms with E-state index in [9.17, 15) is 5.11 Å². The third-order valence-electron chi connectivity index (χ3n) is 5.07. The van der Waals surface area contributed by atoms with Crippen LogP contribution in [-0.4, -0.2) is 64.5 Å². The standard InChI is InChI=1S/C19H36N6O/c1-5-20-18(21-10-8-12-25-11-7-6-9-16(25)2)22-15-19(3,26)17-13-23-24(4)14-17/h13-14,16,26H,5-12,15H2,1-4H3,(H2,20,21,22). The number of nitrogens with zero attached hydrogens (tertiary/aromatic N) is 4. The van der Waals surface area contributed by atoms with Gasteiger partial charge in [-0.1, -0.05) is 6.42 Å². The second-order valence-electron chi connectivity index (χ2n) is 7.53. The molecule has 148 valence electrons. The fraction of sp³-hybridized carbons (Fsp3) is 0.789. The highest BCUT2D eigenvalue weighted by Crippen LogP contribution is 2.20. The van der Waals surface area contributed by atoms with E-state index in [0.717, 1.165) is 37.6 Å². The summed E-state index contributed by atoms with van der Waals surface area (Å²) < 4.78 is 1.69. The molecule has 1 aliphatic heterocycles. The molecule has 2 atom stereocenters. The van der Waals surface area contributed by atoms with Crippen molar-refractivity contribution >= 4 is 5.96 Å². The molecule has 0 amide bonds. The molecule has 1 fully saturated rings. The Labute approximate surface area is 157 Å². The van der Waals surface area contributed by atoms with E-state index in [0.29, 0.717) is 6.04 Å². The summed E-state index contributed by atoms with van der Waals surface area (Å²) in [4.78, 5) is 7.15. The lowest BCUT2D eigenvalue weighted by molar-refractivity contribution is 0.0671. The predicted octanol–water partition coefficient (Wildman–Crippen LogP) is 1.45. The Morgan fingerprint density at radius 3 is 2.88 bits per heavy atom. The SMILES string of the molecule is CCNC(=NCC(C)(O)c1cnn(C)c1)NCCCN1CCCCC1C. The van der Waals surface area contributed by atoms with Gasteiger partial charge in [-0.05, 0) is 46.6 Å². The van der Waals surface area contributed by atoms with Gasteiger partial charge in [-0.2, -0.15) is 5.10 Å². The molecule has 0 spiro atoms. The lowest BCUT2D eigenvalue weighted by atomic mass is 10.0. The van der Waals surface area contributed by atoms with Crippen molar-refractivity contribution in [2.24, 2.45) is 12.0 Å². The van der Waals surface area contributed by atoms with E-state index in [1.165, 1.54) is 25.8 Å². The predicted molar refractivity (Wildman–Crippen MR) is 106 cm³/mol. The quantitative estimate of drug-likeness (QED) is 0.370. The van der Waals surface area contributed by atoms with Crippen molar-refractivity contribution in [2.45, 2.75) is 58.1 Å². The number of likely N-dealkylation sites (tertiary alicyclic amines) is 1. The zero-order valence-electron chi connectivity index (χ0n) is 16.8. The van der Waals surface area contributed by atoms with E-state index in [2.05, 4.69) is 32.5 Å². The smallest absolute Gasteiger partial charge is 0.191 e. The van der Waals surface area contributed by atoms with Crippen LogP contribution in [0.15, 0.2) is 17.4 Å². The molecule has 1 aromatic rings. The summed E-state index contributed by atoms with van der Waals surface area (Å²) in [5, 5.41) is 21.4. The van der Waals surface area contributed by atoms with E-state index in [-0.39, 0.29) is 6.54 Å². The van der Waals surface area contributed by atoms with Gasteiger partial charge in [0.2, 0.25) is 0 Å². The zero-order chi connectivity index (χ0) is 19.0. The van der Waals surface area contributed by atoms with Crippen LogP contribution in [0.2, 0.25) is 0 Å². The first-order chi connectivity index (χ1) is 12.4. The van der Waals surface area contributed by atoms with Gasteiger partial charge in [0.15, 0.2) is 5.96 Å². The molecule has 26 heavy (non-hydrogen) atoms. The highest BCUT2D eigenvalue weighted by atomic mass is 16.3. The molecule has 0 saturated carbocycles. The molecule has 1 aromatic heterocycles. The molecule has 2 rings (SSSR count). The Kier molecular flexibility index (Phi) is 7.90. The minimum absolute atomic E-state index is 0.289. The molecule has 2 unspecified atom stereocenters. The molecule has 3 N–H and O–H groups in total. The number of aromatic nitrogens is 2. The second kappa shape index (κ2) is 9.92. The molecule has 0 aliphatic carbocycles. The Morgan fingerprint density at radius 2 is 2.23 bits per heavy atom. The van der Waals surface area contributed by atoms with Crippen molar-refractivity contribution in [3.05, 3.63) is 18.0 Å². The molecule has 0 aromatic carbocycles. The second-order valence-corrected chi connectivity index (χ2v) is 7.53. The average molecular weight is 365 g/mol. The van der Waals surface area contributed by atoms with E-state index in [4.69, 9.17) is 0 Å². The van der Waals surface area contributed by atoms with Gasteiger partial charge in [0.25, 0.3) is 0 Å².